The molecule has 0 saturated carbocycles. The summed E-state index contributed by atoms with van der Waals surface area (Å²) in [4.78, 5) is 0.970. The van der Waals surface area contributed by atoms with E-state index in [0.717, 1.165) is 10.6 Å². The van der Waals surface area contributed by atoms with Crippen LogP contribution in [-0.2, 0) is 0 Å². The maximum Gasteiger partial charge on any atom is 0.129 e. The molecule has 0 aliphatic carbocycles. The molecule has 0 unspecified atom stereocenters. The molecule has 0 bridgehead atoms. The van der Waals surface area contributed by atoms with E-state index in [2.05, 4.69) is 20.8 Å². The molecule has 0 aromatic heterocycles. The van der Waals surface area contributed by atoms with E-state index in [0.29, 0.717) is 11.2 Å². The van der Waals surface area contributed by atoms with Gasteiger partial charge in [-0.2, -0.15) is 0 Å². The number of hydrogen-bond acceptors (Lipinski definition) is 2. The molecule has 13 heavy (non-hydrogen) atoms. The molecule has 0 fully saturated rings. The highest BCUT2D eigenvalue weighted by atomic mass is 32.2. The van der Waals surface area contributed by atoms with Gasteiger partial charge in [-0.05, 0) is 17.5 Å². The Bertz CT molecular complexity index is 276. The van der Waals surface area contributed by atoms with Gasteiger partial charge in [-0.25, -0.2) is 0 Å². The van der Waals surface area contributed by atoms with Crippen molar-refractivity contribution in [1.29, 1.82) is 0 Å². The van der Waals surface area contributed by atoms with Crippen molar-refractivity contribution in [2.75, 3.05) is 5.75 Å². The Kier molecular flexibility index (Phi) is 3.26. The van der Waals surface area contributed by atoms with Gasteiger partial charge in [0.2, 0.25) is 0 Å². The summed E-state index contributed by atoms with van der Waals surface area (Å²) in [6.45, 7) is 6.58. The topological polar surface area (TPSA) is 20.2 Å². The van der Waals surface area contributed by atoms with E-state index < -0.39 is 0 Å². The average molecular weight is 196 g/mol. The van der Waals surface area contributed by atoms with Crippen molar-refractivity contribution in [3.8, 4) is 5.75 Å². The van der Waals surface area contributed by atoms with Crippen molar-refractivity contribution in [3.63, 3.8) is 0 Å². The summed E-state index contributed by atoms with van der Waals surface area (Å²) in [5, 5.41) is 9.49. The third-order valence-corrected chi connectivity index (χ3v) is 3.19. The van der Waals surface area contributed by atoms with Gasteiger partial charge in [0.1, 0.15) is 5.75 Å². The highest BCUT2D eigenvalue weighted by Gasteiger charge is 2.11. The van der Waals surface area contributed by atoms with E-state index in [1.54, 1.807) is 17.8 Å². The summed E-state index contributed by atoms with van der Waals surface area (Å²) in [5.74, 6) is 1.40. The summed E-state index contributed by atoms with van der Waals surface area (Å²) >= 11 is 1.70. The van der Waals surface area contributed by atoms with Gasteiger partial charge in [0.15, 0.2) is 0 Å². The molecule has 0 aliphatic rings. The molecular weight excluding hydrogens is 180 g/mol. The van der Waals surface area contributed by atoms with Crippen LogP contribution in [0.15, 0.2) is 29.2 Å². The number of hydrogen-bond donors (Lipinski definition) is 1. The average Bonchev–Trinajstić information content (AvgIpc) is 2.01. The summed E-state index contributed by atoms with van der Waals surface area (Å²) in [7, 11) is 0. The second kappa shape index (κ2) is 4.05. The molecule has 0 heterocycles. The third-order valence-electron chi connectivity index (χ3n) is 1.53. The first kappa shape index (κ1) is 10.5. The normalized spacial score (nSPS) is 11.6. The standard InChI is InChI=1S/C11H16OS/c1-11(2,3)8-13-10-7-5-4-6-9(10)12/h4-7,12H,8H2,1-3H3. The van der Waals surface area contributed by atoms with Crippen LogP contribution in [0, 0.1) is 5.41 Å². The highest BCUT2D eigenvalue weighted by Crippen LogP contribution is 2.32. The number of phenols is 1. The van der Waals surface area contributed by atoms with Crippen LogP contribution in [0.25, 0.3) is 0 Å². The van der Waals surface area contributed by atoms with Gasteiger partial charge in [0.05, 0.1) is 0 Å². The Hall–Kier alpha value is -0.630. The van der Waals surface area contributed by atoms with Crippen molar-refractivity contribution in [2.45, 2.75) is 25.7 Å². The number of aromatic hydroxyl groups is 1. The predicted octanol–water partition coefficient (Wildman–Crippen LogP) is 3.53. The largest absolute Gasteiger partial charge is 0.507 e. The first-order valence-electron chi connectivity index (χ1n) is 4.40. The molecule has 0 spiro atoms. The molecular formula is C11H16OS. The fourth-order valence-electron chi connectivity index (χ4n) is 0.873. The van der Waals surface area contributed by atoms with Crippen molar-refractivity contribution < 1.29 is 5.11 Å². The zero-order valence-corrected chi connectivity index (χ0v) is 9.19. The molecule has 2 heteroatoms. The molecule has 0 radical (unpaired) electrons. The maximum absolute atomic E-state index is 9.49. The molecule has 1 N–H and O–H groups in total. The molecule has 1 rings (SSSR count). The van der Waals surface area contributed by atoms with E-state index in [9.17, 15) is 5.11 Å². The SMILES string of the molecule is CC(C)(C)CSc1ccccc1O. The van der Waals surface area contributed by atoms with Crippen LogP contribution in [0.3, 0.4) is 0 Å². The van der Waals surface area contributed by atoms with Crippen LogP contribution < -0.4 is 0 Å². The van der Waals surface area contributed by atoms with Gasteiger partial charge in [-0.3, -0.25) is 0 Å². The van der Waals surface area contributed by atoms with Gasteiger partial charge < -0.3 is 5.11 Å². The number of benzene rings is 1. The maximum atomic E-state index is 9.49. The molecule has 1 nitrogen and oxygen atoms in total. The first-order chi connectivity index (χ1) is 5.99. The Balaban J connectivity index is 2.60. The predicted molar refractivity (Wildman–Crippen MR) is 58.3 cm³/mol. The lowest BCUT2D eigenvalue weighted by atomic mass is 10.0. The molecule has 1 aromatic rings. The Morgan fingerprint density at radius 2 is 1.85 bits per heavy atom. The summed E-state index contributed by atoms with van der Waals surface area (Å²) in [6.07, 6.45) is 0. The lowest BCUT2D eigenvalue weighted by molar-refractivity contribution is 0.460. The van der Waals surface area contributed by atoms with Crippen LogP contribution in [0.2, 0.25) is 0 Å². The number of phenolic OH excluding ortho intramolecular Hbond substituents is 1. The van der Waals surface area contributed by atoms with E-state index in [-0.39, 0.29) is 0 Å². The smallest absolute Gasteiger partial charge is 0.129 e. The van der Waals surface area contributed by atoms with Crippen LogP contribution >= 0.6 is 11.8 Å². The van der Waals surface area contributed by atoms with Gasteiger partial charge >= 0.3 is 0 Å². The Morgan fingerprint density at radius 3 is 2.38 bits per heavy atom. The van der Waals surface area contributed by atoms with E-state index in [4.69, 9.17) is 0 Å². The number of para-hydroxylation sites is 1. The minimum absolute atomic E-state index is 0.299. The van der Waals surface area contributed by atoms with Gasteiger partial charge in [-0.15, -0.1) is 11.8 Å². The zero-order chi connectivity index (χ0) is 9.90. The molecule has 1 aromatic carbocycles. The third kappa shape index (κ3) is 3.73. The molecule has 72 valence electrons. The number of rotatable bonds is 2. The van der Waals surface area contributed by atoms with E-state index in [1.807, 2.05) is 18.2 Å². The molecule has 0 saturated heterocycles. The second-order valence-electron chi connectivity index (χ2n) is 4.32. The van der Waals surface area contributed by atoms with Gasteiger partial charge in [0, 0.05) is 10.6 Å². The first-order valence-corrected chi connectivity index (χ1v) is 5.38. The molecule has 0 atom stereocenters. The molecule has 0 amide bonds. The summed E-state index contributed by atoms with van der Waals surface area (Å²) in [5.41, 5.74) is 0.299. The molecule has 0 aliphatic heterocycles. The minimum Gasteiger partial charge on any atom is -0.507 e. The fourth-order valence-corrected chi connectivity index (χ4v) is 1.85. The summed E-state index contributed by atoms with van der Waals surface area (Å²) < 4.78 is 0. The Labute approximate surface area is 84.2 Å². The van der Waals surface area contributed by atoms with Crippen molar-refractivity contribution in [1.82, 2.24) is 0 Å². The van der Waals surface area contributed by atoms with E-state index >= 15 is 0 Å². The lowest BCUT2D eigenvalue weighted by Crippen LogP contribution is -2.07. The van der Waals surface area contributed by atoms with Crippen molar-refractivity contribution in [3.05, 3.63) is 24.3 Å². The lowest BCUT2D eigenvalue weighted by Gasteiger charge is -2.17. The van der Waals surface area contributed by atoms with E-state index in [1.165, 1.54) is 0 Å². The van der Waals surface area contributed by atoms with Crippen LogP contribution in [0.1, 0.15) is 20.8 Å². The zero-order valence-electron chi connectivity index (χ0n) is 8.37. The van der Waals surface area contributed by atoms with Crippen LogP contribution in [-0.4, -0.2) is 10.9 Å². The fraction of sp³-hybridized carbons (Fsp3) is 0.455. The number of thioether (sulfide) groups is 1. The quantitative estimate of drug-likeness (QED) is 0.730. The second-order valence-corrected chi connectivity index (χ2v) is 5.33. The van der Waals surface area contributed by atoms with Gasteiger partial charge in [-0.1, -0.05) is 32.9 Å². The minimum atomic E-state index is 0.299. The van der Waals surface area contributed by atoms with Crippen molar-refractivity contribution in [2.24, 2.45) is 5.41 Å². The van der Waals surface area contributed by atoms with Crippen LogP contribution in [0.5, 0.6) is 5.75 Å². The van der Waals surface area contributed by atoms with Gasteiger partial charge in [0.25, 0.3) is 0 Å². The Morgan fingerprint density at radius 1 is 1.23 bits per heavy atom. The summed E-state index contributed by atoms with van der Waals surface area (Å²) in [6, 6.07) is 7.47. The van der Waals surface area contributed by atoms with Crippen LogP contribution in [0.4, 0.5) is 0 Å². The monoisotopic (exact) mass is 196 g/mol. The van der Waals surface area contributed by atoms with Crippen molar-refractivity contribution >= 4 is 11.8 Å². The highest BCUT2D eigenvalue weighted by molar-refractivity contribution is 7.99.